The number of thiazole rings is 1. The lowest BCUT2D eigenvalue weighted by Crippen LogP contribution is -2.35. The molecule has 0 aromatic carbocycles. The Balaban J connectivity index is 2.99. The summed E-state index contributed by atoms with van der Waals surface area (Å²) in [7, 11) is 1.77. The number of rotatable bonds is 5. The third kappa shape index (κ3) is 4.83. The SMILES string of the molecule is CCc1nc(C(OC)C(C)(C)C)sc1CNC(C)(C)C. The highest BCUT2D eigenvalue weighted by molar-refractivity contribution is 7.11. The first kappa shape index (κ1) is 17.6. The van der Waals surface area contributed by atoms with Crippen LogP contribution in [0.1, 0.15) is 70.1 Å². The molecule has 0 bridgehead atoms. The molecular weight excluding hydrogens is 268 g/mol. The number of hydrogen-bond acceptors (Lipinski definition) is 4. The molecule has 1 aromatic rings. The molecule has 4 heteroatoms. The second-order valence-corrected chi connectivity index (χ2v) is 8.48. The number of methoxy groups -OCH3 is 1. The van der Waals surface area contributed by atoms with Crippen molar-refractivity contribution in [3.05, 3.63) is 15.6 Å². The Morgan fingerprint density at radius 3 is 2.20 bits per heavy atom. The van der Waals surface area contributed by atoms with E-state index in [2.05, 4.69) is 53.8 Å². The minimum Gasteiger partial charge on any atom is -0.374 e. The molecule has 0 aliphatic carbocycles. The van der Waals surface area contributed by atoms with Crippen molar-refractivity contribution in [3.8, 4) is 0 Å². The van der Waals surface area contributed by atoms with Crippen molar-refractivity contribution in [2.45, 2.75) is 73.1 Å². The maximum absolute atomic E-state index is 5.69. The first-order valence-electron chi connectivity index (χ1n) is 7.34. The Kier molecular flexibility index (Phi) is 5.76. The number of nitrogens with zero attached hydrogens (tertiary/aromatic N) is 1. The molecule has 3 nitrogen and oxygen atoms in total. The molecular formula is C16H30N2OS. The summed E-state index contributed by atoms with van der Waals surface area (Å²) in [6, 6.07) is 0. The van der Waals surface area contributed by atoms with Gasteiger partial charge in [-0.1, -0.05) is 27.7 Å². The van der Waals surface area contributed by atoms with E-state index in [0.717, 1.165) is 18.0 Å². The predicted octanol–water partition coefficient (Wildman–Crippen LogP) is 4.33. The quantitative estimate of drug-likeness (QED) is 0.878. The van der Waals surface area contributed by atoms with Crippen molar-refractivity contribution < 1.29 is 4.74 Å². The van der Waals surface area contributed by atoms with E-state index in [-0.39, 0.29) is 17.1 Å². The first-order chi connectivity index (χ1) is 9.08. The van der Waals surface area contributed by atoms with Crippen molar-refractivity contribution >= 4 is 11.3 Å². The average molecular weight is 298 g/mol. The molecule has 0 aliphatic rings. The van der Waals surface area contributed by atoms with Crippen LogP contribution in [0.2, 0.25) is 0 Å². The molecule has 0 radical (unpaired) electrons. The molecule has 0 saturated carbocycles. The van der Waals surface area contributed by atoms with Gasteiger partial charge in [0, 0.05) is 24.1 Å². The summed E-state index contributed by atoms with van der Waals surface area (Å²) in [6.45, 7) is 16.2. The van der Waals surface area contributed by atoms with Gasteiger partial charge in [-0.3, -0.25) is 0 Å². The molecule has 0 saturated heterocycles. The van der Waals surface area contributed by atoms with E-state index in [1.807, 2.05) is 0 Å². The van der Waals surface area contributed by atoms with E-state index < -0.39 is 0 Å². The molecule has 1 unspecified atom stereocenters. The maximum Gasteiger partial charge on any atom is 0.123 e. The highest BCUT2D eigenvalue weighted by Gasteiger charge is 2.30. The normalized spacial score (nSPS) is 14.6. The third-order valence-electron chi connectivity index (χ3n) is 3.16. The van der Waals surface area contributed by atoms with Gasteiger partial charge < -0.3 is 10.1 Å². The van der Waals surface area contributed by atoms with Crippen LogP contribution >= 0.6 is 11.3 Å². The molecule has 116 valence electrons. The number of aryl methyl sites for hydroxylation is 1. The largest absolute Gasteiger partial charge is 0.374 e. The van der Waals surface area contributed by atoms with Crippen molar-refractivity contribution in [1.82, 2.24) is 10.3 Å². The lowest BCUT2D eigenvalue weighted by atomic mass is 9.89. The fraction of sp³-hybridized carbons (Fsp3) is 0.812. The van der Waals surface area contributed by atoms with Crippen molar-refractivity contribution in [3.63, 3.8) is 0 Å². The molecule has 1 aromatic heterocycles. The van der Waals surface area contributed by atoms with E-state index in [0.29, 0.717) is 0 Å². The van der Waals surface area contributed by atoms with Gasteiger partial charge in [-0.2, -0.15) is 0 Å². The van der Waals surface area contributed by atoms with Gasteiger partial charge in [0.25, 0.3) is 0 Å². The summed E-state index contributed by atoms with van der Waals surface area (Å²) in [5, 5.41) is 4.65. The summed E-state index contributed by atoms with van der Waals surface area (Å²) in [4.78, 5) is 6.16. The van der Waals surface area contributed by atoms with Crippen molar-refractivity contribution in [2.75, 3.05) is 7.11 Å². The fourth-order valence-corrected chi connectivity index (χ4v) is 3.52. The van der Waals surface area contributed by atoms with Crippen LogP contribution < -0.4 is 5.32 Å². The number of aromatic nitrogens is 1. The summed E-state index contributed by atoms with van der Waals surface area (Å²) >= 11 is 1.79. The standard InChI is InChI=1S/C16H30N2OS/c1-9-11-12(10-17-16(5,6)7)20-14(18-11)13(19-8)15(2,3)4/h13,17H,9-10H2,1-8H3. The maximum atomic E-state index is 5.69. The van der Waals surface area contributed by atoms with E-state index in [4.69, 9.17) is 9.72 Å². The van der Waals surface area contributed by atoms with Gasteiger partial charge in [-0.15, -0.1) is 11.3 Å². The van der Waals surface area contributed by atoms with Gasteiger partial charge in [0.2, 0.25) is 0 Å². The lowest BCUT2D eigenvalue weighted by molar-refractivity contribution is 0.0150. The minimum atomic E-state index is 0.0567. The topological polar surface area (TPSA) is 34.1 Å². The Morgan fingerprint density at radius 1 is 1.20 bits per heavy atom. The lowest BCUT2D eigenvalue weighted by Gasteiger charge is -2.27. The number of hydrogen-bond donors (Lipinski definition) is 1. The summed E-state index contributed by atoms with van der Waals surface area (Å²) in [6.07, 6.45) is 1.03. The second kappa shape index (κ2) is 6.54. The van der Waals surface area contributed by atoms with Crippen LogP contribution in [0.15, 0.2) is 0 Å². The Labute approximate surface area is 128 Å². The zero-order chi connectivity index (χ0) is 15.6. The van der Waals surface area contributed by atoms with Crippen LogP contribution in [-0.2, 0) is 17.7 Å². The Morgan fingerprint density at radius 2 is 1.80 bits per heavy atom. The van der Waals surface area contributed by atoms with Crippen LogP contribution in [0.4, 0.5) is 0 Å². The molecule has 20 heavy (non-hydrogen) atoms. The van der Waals surface area contributed by atoms with Crippen LogP contribution in [0.3, 0.4) is 0 Å². The highest BCUT2D eigenvalue weighted by atomic mass is 32.1. The Hall–Kier alpha value is -0.450. The molecule has 0 spiro atoms. The zero-order valence-corrected chi connectivity index (χ0v) is 15.1. The number of ether oxygens (including phenoxy) is 1. The smallest absolute Gasteiger partial charge is 0.123 e. The van der Waals surface area contributed by atoms with Crippen LogP contribution in [0.25, 0.3) is 0 Å². The molecule has 1 atom stereocenters. The Bertz CT molecular complexity index is 427. The number of nitrogens with one attached hydrogen (secondary N) is 1. The van der Waals surface area contributed by atoms with E-state index in [9.17, 15) is 0 Å². The van der Waals surface area contributed by atoms with E-state index in [1.54, 1.807) is 18.4 Å². The average Bonchev–Trinajstić information content (AvgIpc) is 2.67. The van der Waals surface area contributed by atoms with Crippen LogP contribution in [0.5, 0.6) is 0 Å². The molecule has 1 heterocycles. The van der Waals surface area contributed by atoms with Gasteiger partial charge >= 0.3 is 0 Å². The van der Waals surface area contributed by atoms with Gasteiger partial charge in [0.1, 0.15) is 11.1 Å². The first-order valence-corrected chi connectivity index (χ1v) is 8.16. The van der Waals surface area contributed by atoms with Gasteiger partial charge in [0.05, 0.1) is 5.69 Å². The zero-order valence-electron chi connectivity index (χ0n) is 14.3. The van der Waals surface area contributed by atoms with Crippen LogP contribution in [0, 0.1) is 5.41 Å². The minimum absolute atomic E-state index is 0.0567. The molecule has 0 aliphatic heterocycles. The van der Waals surface area contributed by atoms with Gasteiger partial charge in [-0.05, 0) is 32.6 Å². The van der Waals surface area contributed by atoms with Crippen LogP contribution in [-0.4, -0.2) is 17.6 Å². The summed E-state index contributed by atoms with van der Waals surface area (Å²) in [5.74, 6) is 0. The van der Waals surface area contributed by atoms with Crippen molar-refractivity contribution in [2.24, 2.45) is 5.41 Å². The van der Waals surface area contributed by atoms with Crippen molar-refractivity contribution in [1.29, 1.82) is 0 Å². The summed E-state index contributed by atoms with van der Waals surface area (Å²) < 4.78 is 5.69. The predicted molar refractivity (Wildman–Crippen MR) is 87.3 cm³/mol. The molecule has 0 fully saturated rings. The van der Waals surface area contributed by atoms with E-state index in [1.165, 1.54) is 10.6 Å². The molecule has 0 amide bonds. The monoisotopic (exact) mass is 298 g/mol. The fourth-order valence-electron chi connectivity index (χ4n) is 2.10. The van der Waals surface area contributed by atoms with Gasteiger partial charge in [-0.25, -0.2) is 4.98 Å². The molecule has 1 N–H and O–H groups in total. The second-order valence-electron chi connectivity index (χ2n) is 7.36. The van der Waals surface area contributed by atoms with E-state index >= 15 is 0 Å². The molecule has 1 rings (SSSR count). The third-order valence-corrected chi connectivity index (χ3v) is 4.30. The highest BCUT2D eigenvalue weighted by Crippen LogP contribution is 2.38. The summed E-state index contributed by atoms with van der Waals surface area (Å²) in [5.41, 5.74) is 1.39. The van der Waals surface area contributed by atoms with Gasteiger partial charge in [0.15, 0.2) is 0 Å².